The minimum absolute atomic E-state index is 0.323. The highest BCUT2D eigenvalue weighted by Crippen LogP contribution is 2.36. The summed E-state index contributed by atoms with van der Waals surface area (Å²) in [4.78, 5) is 12.8. The lowest BCUT2D eigenvalue weighted by atomic mass is 10.0. The van der Waals surface area contributed by atoms with E-state index in [9.17, 15) is 4.79 Å². The third kappa shape index (κ3) is 3.62. The lowest BCUT2D eigenvalue weighted by Crippen LogP contribution is -2.13. The predicted molar refractivity (Wildman–Crippen MR) is 114 cm³/mol. The molecule has 0 aliphatic heterocycles. The maximum absolute atomic E-state index is 12.8. The lowest BCUT2D eigenvalue weighted by molar-refractivity contribution is 0.102. The van der Waals surface area contributed by atoms with Gasteiger partial charge in [0, 0.05) is 17.7 Å². The fourth-order valence-corrected chi connectivity index (χ4v) is 3.40. The van der Waals surface area contributed by atoms with Gasteiger partial charge in [-0.3, -0.25) is 9.89 Å². The molecule has 146 valence electrons. The van der Waals surface area contributed by atoms with Crippen LogP contribution in [0.3, 0.4) is 0 Å². The summed E-state index contributed by atoms with van der Waals surface area (Å²) < 4.78 is 10.5. The predicted octanol–water partition coefficient (Wildman–Crippen LogP) is 5.15. The molecule has 1 heterocycles. The summed E-state index contributed by atoms with van der Waals surface area (Å²) >= 11 is 6.12. The van der Waals surface area contributed by atoms with Gasteiger partial charge in [-0.1, -0.05) is 54.1 Å². The van der Waals surface area contributed by atoms with E-state index in [2.05, 4.69) is 15.5 Å². The molecule has 0 aliphatic carbocycles. The van der Waals surface area contributed by atoms with Crippen molar-refractivity contribution in [3.63, 3.8) is 0 Å². The van der Waals surface area contributed by atoms with Crippen LogP contribution in [0.4, 0.5) is 5.69 Å². The maximum atomic E-state index is 12.8. The Morgan fingerprint density at radius 3 is 2.55 bits per heavy atom. The number of carbonyl (C=O) groups is 1. The van der Waals surface area contributed by atoms with E-state index in [0.717, 1.165) is 16.3 Å². The number of fused-ring (bicyclic) bond motifs is 1. The van der Waals surface area contributed by atoms with Gasteiger partial charge in [0.1, 0.15) is 17.2 Å². The van der Waals surface area contributed by atoms with Crippen LogP contribution in [-0.2, 0) is 0 Å². The summed E-state index contributed by atoms with van der Waals surface area (Å²) in [5, 5.41) is 12.5. The maximum Gasteiger partial charge on any atom is 0.273 e. The Hall–Kier alpha value is -3.51. The smallest absolute Gasteiger partial charge is 0.273 e. The first-order valence-electron chi connectivity index (χ1n) is 8.87. The van der Waals surface area contributed by atoms with Gasteiger partial charge in [-0.2, -0.15) is 5.10 Å². The topological polar surface area (TPSA) is 76.2 Å². The number of nitrogens with zero attached hydrogens (tertiary/aromatic N) is 1. The molecule has 0 fully saturated rings. The van der Waals surface area contributed by atoms with E-state index < -0.39 is 0 Å². The standard InChI is InChI=1S/C22H18ClN3O3/c1-28-20-12-18(21(29-2)10-16(20)23)24-22(27)19-11-17(25-26-19)15-9-5-7-13-6-3-4-8-14(13)15/h3-12H,1-2H3,(H,24,27)(H,25,26). The van der Waals surface area contributed by atoms with Gasteiger partial charge in [-0.15, -0.1) is 0 Å². The van der Waals surface area contributed by atoms with Crippen LogP contribution >= 0.6 is 11.6 Å². The summed E-state index contributed by atoms with van der Waals surface area (Å²) in [6.07, 6.45) is 0. The Morgan fingerprint density at radius 2 is 1.76 bits per heavy atom. The number of H-pyrrole nitrogens is 1. The number of methoxy groups -OCH3 is 2. The van der Waals surface area contributed by atoms with Gasteiger partial charge in [-0.25, -0.2) is 0 Å². The molecule has 3 aromatic carbocycles. The highest BCUT2D eigenvalue weighted by Gasteiger charge is 2.16. The molecule has 2 N–H and O–H groups in total. The molecule has 0 saturated carbocycles. The minimum Gasteiger partial charge on any atom is -0.495 e. The fourth-order valence-electron chi connectivity index (χ4n) is 3.17. The van der Waals surface area contributed by atoms with E-state index in [-0.39, 0.29) is 5.91 Å². The number of benzene rings is 3. The number of rotatable bonds is 5. The quantitative estimate of drug-likeness (QED) is 0.479. The molecule has 0 radical (unpaired) electrons. The Kier molecular flexibility index (Phi) is 5.10. The molecule has 4 rings (SSSR count). The highest BCUT2D eigenvalue weighted by molar-refractivity contribution is 6.32. The van der Waals surface area contributed by atoms with Crippen LogP contribution in [0.25, 0.3) is 22.0 Å². The zero-order valence-electron chi connectivity index (χ0n) is 15.8. The molecule has 1 amide bonds. The monoisotopic (exact) mass is 407 g/mol. The van der Waals surface area contributed by atoms with Gasteiger partial charge in [0.15, 0.2) is 0 Å². The first kappa shape index (κ1) is 18.8. The van der Waals surface area contributed by atoms with Crippen LogP contribution in [0.2, 0.25) is 5.02 Å². The number of amides is 1. The van der Waals surface area contributed by atoms with Crippen molar-refractivity contribution in [1.82, 2.24) is 10.2 Å². The van der Waals surface area contributed by atoms with Crippen molar-refractivity contribution in [1.29, 1.82) is 0 Å². The fraction of sp³-hybridized carbons (Fsp3) is 0.0909. The SMILES string of the molecule is COc1cc(NC(=O)c2cc(-c3cccc4ccccc34)n[nH]2)c(OC)cc1Cl. The summed E-state index contributed by atoms with van der Waals surface area (Å²) in [5.41, 5.74) is 2.40. The zero-order chi connectivity index (χ0) is 20.4. The van der Waals surface area contributed by atoms with Crippen molar-refractivity contribution in [2.45, 2.75) is 0 Å². The number of hydrogen-bond donors (Lipinski definition) is 2. The average molecular weight is 408 g/mol. The molecule has 0 atom stereocenters. The van der Waals surface area contributed by atoms with Crippen molar-refractivity contribution < 1.29 is 14.3 Å². The molecule has 0 aliphatic rings. The van der Waals surface area contributed by atoms with Crippen LogP contribution in [0.15, 0.2) is 60.7 Å². The third-order valence-corrected chi connectivity index (χ3v) is 4.91. The number of aromatic amines is 1. The number of ether oxygens (including phenoxy) is 2. The second kappa shape index (κ2) is 7.85. The molecule has 1 aromatic heterocycles. The molecular weight excluding hydrogens is 390 g/mol. The normalized spacial score (nSPS) is 10.7. The molecular formula is C22H18ClN3O3. The van der Waals surface area contributed by atoms with Crippen LogP contribution in [-0.4, -0.2) is 30.3 Å². The number of carbonyl (C=O) groups excluding carboxylic acids is 1. The highest BCUT2D eigenvalue weighted by atomic mass is 35.5. The van der Waals surface area contributed by atoms with E-state index in [1.807, 2.05) is 42.5 Å². The largest absolute Gasteiger partial charge is 0.495 e. The first-order valence-corrected chi connectivity index (χ1v) is 9.25. The van der Waals surface area contributed by atoms with Gasteiger partial charge < -0.3 is 14.8 Å². The number of halogens is 1. The lowest BCUT2D eigenvalue weighted by Gasteiger charge is -2.12. The molecule has 29 heavy (non-hydrogen) atoms. The molecule has 0 unspecified atom stereocenters. The number of hydrogen-bond acceptors (Lipinski definition) is 4. The first-order chi connectivity index (χ1) is 14.1. The number of nitrogens with one attached hydrogen (secondary N) is 2. The van der Waals surface area contributed by atoms with E-state index in [0.29, 0.717) is 33.6 Å². The van der Waals surface area contributed by atoms with Crippen molar-refractivity contribution in [2.24, 2.45) is 0 Å². The number of anilines is 1. The van der Waals surface area contributed by atoms with Crippen molar-refractivity contribution in [3.8, 4) is 22.8 Å². The van der Waals surface area contributed by atoms with Gasteiger partial charge in [0.05, 0.1) is 30.6 Å². The minimum atomic E-state index is -0.355. The van der Waals surface area contributed by atoms with E-state index in [4.69, 9.17) is 21.1 Å². The molecule has 4 aromatic rings. The molecule has 0 spiro atoms. The Balaban J connectivity index is 1.64. The summed E-state index contributed by atoms with van der Waals surface area (Å²) in [7, 11) is 3.01. The Morgan fingerprint density at radius 1 is 1.00 bits per heavy atom. The van der Waals surface area contributed by atoms with Crippen LogP contribution in [0.5, 0.6) is 11.5 Å². The molecule has 7 heteroatoms. The zero-order valence-corrected chi connectivity index (χ0v) is 16.6. The van der Waals surface area contributed by atoms with Gasteiger partial charge in [0.25, 0.3) is 5.91 Å². The van der Waals surface area contributed by atoms with E-state index >= 15 is 0 Å². The van der Waals surface area contributed by atoms with Gasteiger partial charge in [-0.05, 0) is 16.8 Å². The van der Waals surface area contributed by atoms with Gasteiger partial charge in [0.2, 0.25) is 0 Å². The van der Waals surface area contributed by atoms with Crippen molar-refractivity contribution in [3.05, 3.63) is 71.4 Å². The third-order valence-electron chi connectivity index (χ3n) is 4.61. The van der Waals surface area contributed by atoms with Crippen LogP contribution in [0, 0.1) is 0 Å². The summed E-state index contributed by atoms with van der Waals surface area (Å²) in [6.45, 7) is 0. The molecule has 0 bridgehead atoms. The molecule has 6 nitrogen and oxygen atoms in total. The Bertz CT molecular complexity index is 1200. The second-order valence-corrected chi connectivity index (χ2v) is 6.74. The van der Waals surface area contributed by atoms with Crippen molar-refractivity contribution >= 4 is 34.0 Å². The number of aromatic nitrogens is 2. The van der Waals surface area contributed by atoms with Crippen LogP contribution in [0.1, 0.15) is 10.5 Å². The van der Waals surface area contributed by atoms with E-state index in [1.165, 1.54) is 14.2 Å². The Labute approximate surface area is 172 Å². The van der Waals surface area contributed by atoms with E-state index in [1.54, 1.807) is 18.2 Å². The van der Waals surface area contributed by atoms with Gasteiger partial charge >= 0.3 is 0 Å². The van der Waals surface area contributed by atoms with Crippen LogP contribution < -0.4 is 14.8 Å². The average Bonchev–Trinajstić information content (AvgIpc) is 3.24. The van der Waals surface area contributed by atoms with Crippen molar-refractivity contribution in [2.75, 3.05) is 19.5 Å². The second-order valence-electron chi connectivity index (χ2n) is 6.33. The molecule has 0 saturated heterocycles. The summed E-state index contributed by atoms with van der Waals surface area (Å²) in [6, 6.07) is 18.9. The summed E-state index contributed by atoms with van der Waals surface area (Å²) in [5.74, 6) is 0.508.